The van der Waals surface area contributed by atoms with Crippen molar-refractivity contribution in [2.45, 2.75) is 129 Å². The first-order valence-electron chi connectivity index (χ1n) is 19.2. The van der Waals surface area contributed by atoms with E-state index in [-0.39, 0.29) is 5.41 Å². The Hall–Kier alpha value is -3.06. The lowest BCUT2D eigenvalue weighted by Gasteiger charge is -2.48. The lowest BCUT2D eigenvalue weighted by atomic mass is 9.57. The number of aryl methyl sites for hydroxylation is 4. The van der Waals surface area contributed by atoms with Crippen LogP contribution in [-0.2, 0) is 0 Å². The molecule has 0 nitrogen and oxygen atoms in total. The van der Waals surface area contributed by atoms with E-state index in [1.807, 2.05) is 0 Å². The van der Waals surface area contributed by atoms with Crippen molar-refractivity contribution in [2.24, 2.45) is 29.1 Å². The van der Waals surface area contributed by atoms with Gasteiger partial charge in [-0.05, 0) is 175 Å². The summed E-state index contributed by atoms with van der Waals surface area (Å²) in [6.07, 6.45) is 6.40. The van der Waals surface area contributed by atoms with E-state index in [9.17, 15) is 0 Å². The highest BCUT2D eigenvalue weighted by Crippen LogP contribution is 2.53. The van der Waals surface area contributed by atoms with Gasteiger partial charge in [-0.2, -0.15) is 0 Å². The van der Waals surface area contributed by atoms with E-state index in [1.54, 1.807) is 0 Å². The molecular weight excluding hydrogens is 587 g/mol. The second kappa shape index (κ2) is 16.3. The maximum atomic E-state index is 5.00. The van der Waals surface area contributed by atoms with Crippen LogP contribution in [0.15, 0.2) is 44.0 Å². The van der Waals surface area contributed by atoms with Crippen LogP contribution in [0.2, 0.25) is 6.82 Å². The minimum Gasteiger partial charge on any atom is -0.0984 e. The molecule has 0 radical (unpaired) electrons. The van der Waals surface area contributed by atoms with Crippen molar-refractivity contribution in [3.8, 4) is 11.1 Å². The monoisotopic (exact) mass is 657 g/mol. The molecule has 0 aliphatic carbocycles. The summed E-state index contributed by atoms with van der Waals surface area (Å²) in [7, 11) is 1.02. The average Bonchev–Trinajstić information content (AvgIpc) is 3.04. The van der Waals surface area contributed by atoms with Gasteiger partial charge in [0.2, 0.25) is 0 Å². The summed E-state index contributed by atoms with van der Waals surface area (Å²) in [5.74, 6) is 2.08. The fourth-order valence-electron chi connectivity index (χ4n) is 8.87. The van der Waals surface area contributed by atoms with E-state index >= 15 is 0 Å². The molecule has 0 aromatic heterocycles. The van der Waals surface area contributed by atoms with Gasteiger partial charge in [0.05, 0.1) is 0 Å². The summed E-state index contributed by atoms with van der Waals surface area (Å²) in [6, 6.07) is 9.52. The minimum atomic E-state index is 0.0244. The van der Waals surface area contributed by atoms with Gasteiger partial charge in [-0.25, -0.2) is 0 Å². The highest BCUT2D eigenvalue weighted by Gasteiger charge is 2.43. The van der Waals surface area contributed by atoms with Crippen LogP contribution in [0.3, 0.4) is 0 Å². The van der Waals surface area contributed by atoms with Gasteiger partial charge in [0.15, 0.2) is 7.28 Å². The Morgan fingerprint density at radius 1 is 0.755 bits per heavy atom. The Morgan fingerprint density at radius 2 is 1.33 bits per heavy atom. The predicted octanol–water partition coefficient (Wildman–Crippen LogP) is 13.4. The lowest BCUT2D eigenvalue weighted by molar-refractivity contribution is 0.0481. The van der Waals surface area contributed by atoms with E-state index < -0.39 is 0 Å². The normalized spacial score (nSPS) is 14.7. The Labute approximate surface area is 303 Å². The summed E-state index contributed by atoms with van der Waals surface area (Å²) in [6.45, 7) is 49.3. The Balaban J connectivity index is 2.29. The number of rotatable bonds is 15. The van der Waals surface area contributed by atoms with Crippen molar-refractivity contribution < 1.29 is 0 Å². The van der Waals surface area contributed by atoms with Crippen molar-refractivity contribution in [3.05, 3.63) is 105 Å². The molecule has 0 heterocycles. The topological polar surface area (TPSA) is 0 Å². The molecule has 1 heteroatoms. The van der Waals surface area contributed by atoms with E-state index in [0.717, 1.165) is 20.1 Å². The molecule has 0 saturated heterocycles. The summed E-state index contributed by atoms with van der Waals surface area (Å²) in [4.78, 5) is 0. The van der Waals surface area contributed by atoms with Gasteiger partial charge in [-0.3, -0.25) is 0 Å². The third kappa shape index (κ3) is 8.13. The van der Waals surface area contributed by atoms with Crippen LogP contribution >= 0.6 is 0 Å². The van der Waals surface area contributed by atoms with Gasteiger partial charge in [0, 0.05) is 0 Å². The summed E-state index contributed by atoms with van der Waals surface area (Å²) in [5, 5.41) is 0. The van der Waals surface area contributed by atoms with Crippen LogP contribution < -0.4 is 5.46 Å². The zero-order valence-corrected chi connectivity index (χ0v) is 34.4. The molecule has 0 bridgehead atoms. The zero-order valence-electron chi connectivity index (χ0n) is 34.4. The standard InChI is InChI=1S/C48H69B/c1-19-21-35(11)48(17,44(36(12)28(3)4)26-32(8)42-22-29(5)37(13)30(6)23-42)27-34(10)43-25-31(7)38(14)39(15)46(43)45-40(16)47(49-18)33(9)24-41(45)20-2/h20,22-25,28,35-36,44,49H,2,8,10,19,21,26-27H2,1,3-7,9,11-18H3. The second-order valence-electron chi connectivity index (χ2n) is 16.4. The SMILES string of the molecule is C=Cc1cc(C)c(BC)c(C)c1-c1c(C(=C)CC(C)(C(C)CCC)C(CC(=C)c2cc(C)c(C)c(C)c2)C(C)C(C)C)cc(C)c(C)c1C. The molecule has 0 aliphatic rings. The van der Waals surface area contributed by atoms with Crippen LogP contribution in [0.5, 0.6) is 0 Å². The van der Waals surface area contributed by atoms with Crippen molar-refractivity contribution in [1.82, 2.24) is 0 Å². The number of allylic oxidation sites excluding steroid dienone is 2. The maximum absolute atomic E-state index is 5.00. The maximum Gasteiger partial charge on any atom is 0.155 e. The fourth-order valence-corrected chi connectivity index (χ4v) is 8.87. The van der Waals surface area contributed by atoms with Gasteiger partial charge >= 0.3 is 0 Å². The van der Waals surface area contributed by atoms with Crippen LogP contribution in [0.1, 0.15) is 128 Å². The van der Waals surface area contributed by atoms with Crippen LogP contribution in [0, 0.1) is 84.5 Å². The first kappa shape index (κ1) is 40.4. The molecule has 0 N–H and O–H groups in total. The lowest BCUT2D eigenvalue weighted by Crippen LogP contribution is -2.39. The molecule has 49 heavy (non-hydrogen) atoms. The molecule has 0 amide bonds. The van der Waals surface area contributed by atoms with Crippen molar-refractivity contribution in [3.63, 3.8) is 0 Å². The Morgan fingerprint density at radius 3 is 1.84 bits per heavy atom. The third-order valence-electron chi connectivity index (χ3n) is 13.1. The van der Waals surface area contributed by atoms with Gasteiger partial charge in [-0.1, -0.05) is 122 Å². The quantitative estimate of drug-likeness (QED) is 0.143. The molecule has 3 aromatic carbocycles. The Kier molecular flexibility index (Phi) is 13.4. The molecule has 3 aromatic rings. The largest absolute Gasteiger partial charge is 0.155 e. The highest BCUT2D eigenvalue weighted by molar-refractivity contribution is 6.53. The fraction of sp³-hybridized carbons (Fsp3) is 0.500. The van der Waals surface area contributed by atoms with E-state index in [4.69, 9.17) is 13.2 Å². The third-order valence-corrected chi connectivity index (χ3v) is 13.1. The first-order chi connectivity index (χ1) is 22.9. The second-order valence-corrected chi connectivity index (χ2v) is 16.4. The van der Waals surface area contributed by atoms with Crippen molar-refractivity contribution >= 4 is 30.0 Å². The van der Waals surface area contributed by atoms with E-state index in [1.165, 1.54) is 102 Å². The zero-order chi connectivity index (χ0) is 37.1. The van der Waals surface area contributed by atoms with E-state index in [0.29, 0.717) is 23.7 Å². The van der Waals surface area contributed by atoms with Crippen LogP contribution in [0.4, 0.5) is 0 Å². The predicted molar refractivity (Wildman–Crippen MR) is 226 cm³/mol. The average molecular weight is 657 g/mol. The molecule has 3 rings (SSSR count). The first-order valence-corrected chi connectivity index (χ1v) is 19.2. The van der Waals surface area contributed by atoms with Gasteiger partial charge < -0.3 is 0 Å². The summed E-state index contributed by atoms with van der Waals surface area (Å²) >= 11 is 0. The van der Waals surface area contributed by atoms with Gasteiger partial charge in [-0.15, -0.1) is 0 Å². The highest BCUT2D eigenvalue weighted by atomic mass is 14.5. The van der Waals surface area contributed by atoms with Crippen molar-refractivity contribution in [2.75, 3.05) is 0 Å². The molecule has 0 fully saturated rings. The number of benzene rings is 3. The Bertz CT molecular complexity index is 1690. The molecule has 264 valence electrons. The van der Waals surface area contributed by atoms with Crippen molar-refractivity contribution in [1.29, 1.82) is 0 Å². The summed E-state index contributed by atoms with van der Waals surface area (Å²) in [5.41, 5.74) is 21.4. The summed E-state index contributed by atoms with van der Waals surface area (Å²) < 4.78 is 0. The van der Waals surface area contributed by atoms with Gasteiger partial charge in [0.1, 0.15) is 0 Å². The number of hydrogen-bond donors (Lipinski definition) is 0. The molecule has 4 atom stereocenters. The molecule has 0 spiro atoms. The van der Waals surface area contributed by atoms with Crippen LogP contribution in [0.25, 0.3) is 28.3 Å². The smallest absolute Gasteiger partial charge is 0.0984 e. The molecule has 0 aliphatic heterocycles. The van der Waals surface area contributed by atoms with E-state index in [2.05, 4.69) is 141 Å². The van der Waals surface area contributed by atoms with Crippen LogP contribution in [-0.4, -0.2) is 7.28 Å². The molecule has 4 unspecified atom stereocenters. The minimum absolute atomic E-state index is 0.0244. The molecule has 0 saturated carbocycles. The number of hydrogen-bond acceptors (Lipinski definition) is 0. The molecular formula is C48H69B. The van der Waals surface area contributed by atoms with Gasteiger partial charge in [0.25, 0.3) is 0 Å².